The van der Waals surface area contributed by atoms with Crippen molar-refractivity contribution in [3.8, 4) is 0 Å². The molecule has 2 rings (SSSR count). The van der Waals surface area contributed by atoms with Crippen molar-refractivity contribution in [2.75, 3.05) is 26.7 Å². The molecular weight excluding hydrogens is 250 g/mol. The summed E-state index contributed by atoms with van der Waals surface area (Å²) in [6, 6.07) is 8.59. The van der Waals surface area contributed by atoms with Crippen molar-refractivity contribution in [2.24, 2.45) is 5.73 Å². The van der Waals surface area contributed by atoms with E-state index in [1.807, 2.05) is 24.1 Å². The van der Waals surface area contributed by atoms with Crippen LogP contribution in [-0.4, -0.2) is 48.4 Å². The highest BCUT2D eigenvalue weighted by molar-refractivity contribution is 5.78. The van der Waals surface area contributed by atoms with Crippen LogP contribution in [0.25, 0.3) is 0 Å². The van der Waals surface area contributed by atoms with Crippen LogP contribution in [-0.2, 0) is 11.3 Å². The number of benzene rings is 1. The van der Waals surface area contributed by atoms with E-state index in [9.17, 15) is 4.79 Å². The van der Waals surface area contributed by atoms with Gasteiger partial charge in [0.15, 0.2) is 0 Å². The minimum Gasteiger partial charge on any atom is -0.340 e. The molecule has 1 unspecified atom stereocenters. The highest BCUT2D eigenvalue weighted by atomic mass is 16.2. The number of rotatable bonds is 5. The average molecular weight is 275 g/mol. The van der Waals surface area contributed by atoms with Gasteiger partial charge < -0.3 is 10.6 Å². The molecule has 1 atom stereocenters. The molecule has 4 nitrogen and oxygen atoms in total. The van der Waals surface area contributed by atoms with Gasteiger partial charge in [0, 0.05) is 26.2 Å². The minimum atomic E-state index is 0.175. The quantitative estimate of drug-likeness (QED) is 0.883. The number of nitrogens with zero attached hydrogens (tertiary/aromatic N) is 2. The lowest BCUT2D eigenvalue weighted by molar-refractivity contribution is -0.131. The van der Waals surface area contributed by atoms with Crippen LogP contribution in [0.3, 0.4) is 0 Å². The predicted octanol–water partition coefficient (Wildman–Crippen LogP) is 1.38. The van der Waals surface area contributed by atoms with Gasteiger partial charge in [-0.05, 0) is 37.4 Å². The first-order valence-electron chi connectivity index (χ1n) is 7.34. The maximum atomic E-state index is 12.3. The summed E-state index contributed by atoms with van der Waals surface area (Å²) in [5.74, 6) is 0.175. The monoisotopic (exact) mass is 275 g/mol. The number of hydrogen-bond donors (Lipinski definition) is 1. The summed E-state index contributed by atoms with van der Waals surface area (Å²) in [6.07, 6.45) is 2.27. The molecule has 1 fully saturated rings. The molecule has 0 spiro atoms. The van der Waals surface area contributed by atoms with E-state index in [4.69, 9.17) is 5.73 Å². The Bertz CT molecular complexity index is 461. The molecule has 0 radical (unpaired) electrons. The second-order valence-corrected chi connectivity index (χ2v) is 5.68. The lowest BCUT2D eigenvalue weighted by atomic mass is 10.1. The number of amides is 1. The Hall–Kier alpha value is -1.39. The van der Waals surface area contributed by atoms with Crippen LogP contribution in [0.15, 0.2) is 24.3 Å². The van der Waals surface area contributed by atoms with Gasteiger partial charge in [-0.2, -0.15) is 0 Å². The fraction of sp³-hybridized carbons (Fsp3) is 0.562. The molecule has 1 aromatic rings. The van der Waals surface area contributed by atoms with Gasteiger partial charge in [-0.25, -0.2) is 0 Å². The van der Waals surface area contributed by atoms with E-state index in [0.29, 0.717) is 25.7 Å². The van der Waals surface area contributed by atoms with Gasteiger partial charge in [0.25, 0.3) is 0 Å². The highest BCUT2D eigenvalue weighted by Gasteiger charge is 2.25. The zero-order chi connectivity index (χ0) is 14.5. The molecule has 1 heterocycles. The third-order valence-electron chi connectivity index (χ3n) is 4.20. The maximum Gasteiger partial charge on any atom is 0.236 e. The maximum absolute atomic E-state index is 12.3. The fourth-order valence-corrected chi connectivity index (χ4v) is 2.80. The molecule has 1 saturated heterocycles. The van der Waals surface area contributed by atoms with Gasteiger partial charge in [-0.1, -0.05) is 24.3 Å². The summed E-state index contributed by atoms with van der Waals surface area (Å²) in [5, 5.41) is 0. The van der Waals surface area contributed by atoms with E-state index in [0.717, 1.165) is 19.4 Å². The van der Waals surface area contributed by atoms with Crippen molar-refractivity contribution in [1.29, 1.82) is 0 Å². The lowest BCUT2D eigenvalue weighted by Crippen LogP contribution is -2.43. The lowest BCUT2D eigenvalue weighted by Gasteiger charge is -2.26. The number of likely N-dealkylation sites (tertiary alicyclic amines) is 1. The van der Waals surface area contributed by atoms with E-state index in [1.165, 1.54) is 11.1 Å². The summed E-state index contributed by atoms with van der Waals surface area (Å²) in [7, 11) is 1.88. The summed E-state index contributed by atoms with van der Waals surface area (Å²) in [5.41, 5.74) is 8.19. The van der Waals surface area contributed by atoms with Crippen LogP contribution in [0.4, 0.5) is 0 Å². The fourth-order valence-electron chi connectivity index (χ4n) is 2.80. The minimum absolute atomic E-state index is 0.175. The third-order valence-corrected chi connectivity index (χ3v) is 4.20. The number of nitrogens with two attached hydrogens (primary N) is 1. The average Bonchev–Trinajstić information content (AvgIpc) is 2.88. The summed E-state index contributed by atoms with van der Waals surface area (Å²) < 4.78 is 0. The van der Waals surface area contributed by atoms with E-state index >= 15 is 0 Å². The smallest absolute Gasteiger partial charge is 0.236 e. The Morgan fingerprint density at radius 1 is 1.45 bits per heavy atom. The van der Waals surface area contributed by atoms with Gasteiger partial charge in [0.1, 0.15) is 0 Å². The van der Waals surface area contributed by atoms with Crippen molar-refractivity contribution >= 4 is 5.91 Å². The van der Waals surface area contributed by atoms with Crippen LogP contribution in [0.2, 0.25) is 0 Å². The predicted molar refractivity (Wildman–Crippen MR) is 81.3 cm³/mol. The summed E-state index contributed by atoms with van der Waals surface area (Å²) >= 11 is 0. The van der Waals surface area contributed by atoms with Crippen molar-refractivity contribution in [3.05, 3.63) is 35.4 Å². The second kappa shape index (κ2) is 6.86. The molecule has 1 aliphatic rings. The first kappa shape index (κ1) is 15.0. The van der Waals surface area contributed by atoms with Crippen molar-refractivity contribution in [1.82, 2.24) is 9.80 Å². The molecule has 110 valence electrons. The topological polar surface area (TPSA) is 49.6 Å². The number of hydrogen-bond acceptors (Lipinski definition) is 3. The van der Waals surface area contributed by atoms with Gasteiger partial charge in [0.2, 0.25) is 5.91 Å². The number of carbonyl (C=O) groups is 1. The molecule has 0 saturated carbocycles. The van der Waals surface area contributed by atoms with Crippen LogP contribution in [0, 0.1) is 6.92 Å². The molecule has 0 aliphatic carbocycles. The molecule has 1 amide bonds. The Labute approximate surface area is 121 Å². The Balaban J connectivity index is 1.91. The SMILES string of the molecule is Cc1ccccc1CN(C)C(=O)CN1CCCC1CN. The number of carbonyl (C=O) groups excluding carboxylic acids is 1. The Morgan fingerprint density at radius 2 is 2.20 bits per heavy atom. The molecule has 20 heavy (non-hydrogen) atoms. The van der Waals surface area contributed by atoms with Crippen LogP contribution in [0.1, 0.15) is 24.0 Å². The molecule has 0 aromatic heterocycles. The van der Waals surface area contributed by atoms with Crippen molar-refractivity contribution in [2.45, 2.75) is 32.4 Å². The molecule has 1 aromatic carbocycles. The normalized spacial score (nSPS) is 19.2. The van der Waals surface area contributed by atoms with E-state index in [2.05, 4.69) is 24.0 Å². The largest absolute Gasteiger partial charge is 0.340 e. The van der Waals surface area contributed by atoms with Gasteiger partial charge in [0.05, 0.1) is 6.54 Å². The highest BCUT2D eigenvalue weighted by Crippen LogP contribution is 2.16. The Kier molecular flexibility index (Phi) is 5.15. The first-order valence-corrected chi connectivity index (χ1v) is 7.34. The second-order valence-electron chi connectivity index (χ2n) is 5.68. The van der Waals surface area contributed by atoms with Crippen LogP contribution in [0.5, 0.6) is 0 Å². The Morgan fingerprint density at radius 3 is 2.90 bits per heavy atom. The molecular formula is C16H25N3O. The van der Waals surface area contributed by atoms with Crippen molar-refractivity contribution < 1.29 is 4.79 Å². The number of aryl methyl sites for hydroxylation is 1. The van der Waals surface area contributed by atoms with E-state index < -0.39 is 0 Å². The van der Waals surface area contributed by atoms with Gasteiger partial charge >= 0.3 is 0 Å². The molecule has 1 aliphatic heterocycles. The molecule has 4 heteroatoms. The van der Waals surface area contributed by atoms with Crippen molar-refractivity contribution in [3.63, 3.8) is 0 Å². The first-order chi connectivity index (χ1) is 9.61. The van der Waals surface area contributed by atoms with E-state index in [-0.39, 0.29) is 5.91 Å². The van der Waals surface area contributed by atoms with Crippen LogP contribution >= 0.6 is 0 Å². The molecule has 0 bridgehead atoms. The van der Waals surface area contributed by atoms with Crippen LogP contribution < -0.4 is 5.73 Å². The van der Waals surface area contributed by atoms with E-state index in [1.54, 1.807) is 0 Å². The third kappa shape index (κ3) is 3.58. The zero-order valence-electron chi connectivity index (χ0n) is 12.5. The summed E-state index contributed by atoms with van der Waals surface area (Å²) in [4.78, 5) is 16.4. The molecule has 2 N–H and O–H groups in total. The zero-order valence-corrected chi connectivity index (χ0v) is 12.5. The number of likely N-dealkylation sites (N-methyl/N-ethyl adjacent to an activating group) is 1. The van der Waals surface area contributed by atoms with Gasteiger partial charge in [-0.15, -0.1) is 0 Å². The summed E-state index contributed by atoms with van der Waals surface area (Å²) in [6.45, 7) is 4.88. The standard InChI is InChI=1S/C16H25N3O/c1-13-6-3-4-7-14(13)11-18(2)16(20)12-19-9-5-8-15(19)10-17/h3-4,6-7,15H,5,8-12,17H2,1-2H3. The van der Waals surface area contributed by atoms with Gasteiger partial charge in [-0.3, -0.25) is 9.69 Å².